The molecule has 2 aromatic carbocycles. The molecule has 0 bridgehead atoms. The number of benzene rings is 2. The number of hydrogen-bond acceptors (Lipinski definition) is 2. The van der Waals surface area contributed by atoms with Gasteiger partial charge in [-0.15, -0.1) is 0 Å². The van der Waals surface area contributed by atoms with Gasteiger partial charge in [0.1, 0.15) is 0 Å². The van der Waals surface area contributed by atoms with Gasteiger partial charge in [-0.1, -0.05) is 28.1 Å². The molecule has 1 aromatic heterocycles. The zero-order chi connectivity index (χ0) is 18.7. The molecule has 0 unspecified atom stereocenters. The van der Waals surface area contributed by atoms with E-state index in [9.17, 15) is 14.7 Å². The molecule has 2 N–H and O–H groups in total. The standard InChI is InChI=1S/C19H12BrN3O3/c1-21-14-3-2-4-15(11-14)23-10-9-16(17(23)19(25)26)22-18(24)12-5-7-13(20)8-6-12/h2-11H,(H,22,24)(H,25,26). The van der Waals surface area contributed by atoms with Crippen LogP contribution in [0.4, 0.5) is 11.4 Å². The molecule has 0 aliphatic heterocycles. The SMILES string of the molecule is [C-]#[N+]c1cccc(-n2ccc(NC(=O)c3ccc(Br)cc3)c2C(=O)O)c1. The number of carboxylic acid groups (broad SMARTS) is 1. The quantitative estimate of drug-likeness (QED) is 0.610. The second-order valence-corrected chi connectivity index (χ2v) is 6.26. The number of carboxylic acids is 1. The number of aromatic nitrogens is 1. The van der Waals surface area contributed by atoms with Crippen LogP contribution in [0, 0.1) is 6.57 Å². The Labute approximate surface area is 157 Å². The van der Waals surface area contributed by atoms with Crippen molar-refractivity contribution in [2.24, 2.45) is 0 Å². The number of nitrogens with one attached hydrogen (secondary N) is 1. The molecule has 0 atom stereocenters. The molecular formula is C19H12BrN3O3. The largest absolute Gasteiger partial charge is 0.476 e. The number of carbonyl (C=O) groups excluding carboxylic acids is 1. The average Bonchev–Trinajstić information content (AvgIpc) is 3.06. The van der Waals surface area contributed by atoms with Crippen molar-refractivity contribution in [1.82, 2.24) is 4.57 Å². The van der Waals surface area contributed by atoms with Crippen LogP contribution in [-0.2, 0) is 0 Å². The normalized spacial score (nSPS) is 10.2. The number of aromatic carboxylic acids is 1. The van der Waals surface area contributed by atoms with Crippen LogP contribution in [0.1, 0.15) is 20.8 Å². The zero-order valence-corrected chi connectivity index (χ0v) is 14.9. The summed E-state index contributed by atoms with van der Waals surface area (Å²) in [6.45, 7) is 7.09. The third-order valence-electron chi connectivity index (χ3n) is 3.68. The van der Waals surface area contributed by atoms with Gasteiger partial charge in [-0.25, -0.2) is 9.64 Å². The lowest BCUT2D eigenvalue weighted by atomic mass is 10.2. The smallest absolute Gasteiger partial charge is 0.355 e. The summed E-state index contributed by atoms with van der Waals surface area (Å²) in [5, 5.41) is 12.2. The summed E-state index contributed by atoms with van der Waals surface area (Å²) < 4.78 is 2.26. The topological polar surface area (TPSA) is 75.7 Å². The highest BCUT2D eigenvalue weighted by Gasteiger charge is 2.19. The summed E-state index contributed by atoms with van der Waals surface area (Å²) >= 11 is 3.30. The van der Waals surface area contributed by atoms with E-state index in [4.69, 9.17) is 6.57 Å². The summed E-state index contributed by atoms with van der Waals surface area (Å²) in [6, 6.07) is 14.8. The monoisotopic (exact) mass is 409 g/mol. The molecule has 3 rings (SSSR count). The summed E-state index contributed by atoms with van der Waals surface area (Å²) in [5.74, 6) is -1.60. The van der Waals surface area contributed by atoms with Gasteiger partial charge < -0.3 is 15.0 Å². The lowest BCUT2D eigenvalue weighted by molar-refractivity contribution is 0.0689. The second-order valence-electron chi connectivity index (χ2n) is 5.35. The van der Waals surface area contributed by atoms with E-state index in [1.54, 1.807) is 54.7 Å². The highest BCUT2D eigenvalue weighted by atomic mass is 79.9. The number of rotatable bonds is 4. The lowest BCUT2D eigenvalue weighted by Crippen LogP contribution is -2.15. The Morgan fingerprint density at radius 1 is 1.12 bits per heavy atom. The molecule has 0 fully saturated rings. The Morgan fingerprint density at radius 3 is 2.50 bits per heavy atom. The Morgan fingerprint density at radius 2 is 1.85 bits per heavy atom. The predicted octanol–water partition coefficient (Wildman–Crippen LogP) is 4.74. The van der Waals surface area contributed by atoms with E-state index in [-0.39, 0.29) is 11.4 Å². The van der Waals surface area contributed by atoms with Crippen molar-refractivity contribution in [1.29, 1.82) is 0 Å². The van der Waals surface area contributed by atoms with E-state index >= 15 is 0 Å². The van der Waals surface area contributed by atoms with Crippen LogP contribution in [0.2, 0.25) is 0 Å². The highest BCUT2D eigenvalue weighted by molar-refractivity contribution is 9.10. The number of halogens is 1. The first-order valence-electron chi connectivity index (χ1n) is 7.49. The Balaban J connectivity index is 1.97. The molecule has 128 valence electrons. The van der Waals surface area contributed by atoms with Crippen LogP contribution < -0.4 is 5.32 Å². The van der Waals surface area contributed by atoms with E-state index in [2.05, 4.69) is 26.1 Å². The summed E-state index contributed by atoms with van der Waals surface area (Å²) in [4.78, 5) is 27.5. The van der Waals surface area contributed by atoms with Gasteiger partial charge in [0.25, 0.3) is 5.91 Å². The summed E-state index contributed by atoms with van der Waals surface area (Å²) in [7, 11) is 0. The molecule has 6 nitrogen and oxygen atoms in total. The van der Waals surface area contributed by atoms with Gasteiger partial charge in [0.15, 0.2) is 11.4 Å². The van der Waals surface area contributed by atoms with Crippen LogP contribution in [0.5, 0.6) is 0 Å². The molecule has 0 radical (unpaired) electrons. The lowest BCUT2D eigenvalue weighted by Gasteiger charge is -2.09. The van der Waals surface area contributed by atoms with Crippen molar-refractivity contribution >= 4 is 39.2 Å². The third kappa shape index (κ3) is 3.50. The van der Waals surface area contributed by atoms with E-state index in [1.165, 1.54) is 10.6 Å². The van der Waals surface area contributed by atoms with Gasteiger partial charge in [0.05, 0.1) is 12.3 Å². The van der Waals surface area contributed by atoms with E-state index in [0.717, 1.165) is 4.47 Å². The van der Waals surface area contributed by atoms with Crippen molar-refractivity contribution in [3.63, 3.8) is 0 Å². The molecule has 1 amide bonds. The number of nitrogens with zero attached hydrogens (tertiary/aromatic N) is 2. The Kier molecular flexibility index (Phi) is 4.87. The first-order chi connectivity index (χ1) is 12.5. The molecule has 0 aliphatic rings. The van der Waals surface area contributed by atoms with Gasteiger partial charge in [-0.3, -0.25) is 4.79 Å². The maximum atomic E-state index is 12.4. The van der Waals surface area contributed by atoms with Crippen LogP contribution >= 0.6 is 15.9 Å². The Bertz CT molecular complexity index is 1030. The van der Waals surface area contributed by atoms with Crippen molar-refractivity contribution in [3.8, 4) is 5.69 Å². The van der Waals surface area contributed by atoms with Crippen LogP contribution in [0.25, 0.3) is 10.5 Å². The van der Waals surface area contributed by atoms with Crippen molar-refractivity contribution < 1.29 is 14.7 Å². The number of carbonyl (C=O) groups is 2. The minimum absolute atomic E-state index is 0.0856. The minimum Gasteiger partial charge on any atom is -0.476 e. The first-order valence-corrected chi connectivity index (χ1v) is 8.28. The molecular weight excluding hydrogens is 398 g/mol. The van der Waals surface area contributed by atoms with E-state index in [0.29, 0.717) is 16.9 Å². The van der Waals surface area contributed by atoms with Crippen molar-refractivity contribution in [2.75, 3.05) is 5.32 Å². The molecule has 3 aromatic rings. The maximum absolute atomic E-state index is 12.4. The van der Waals surface area contributed by atoms with Gasteiger partial charge in [0.2, 0.25) is 0 Å². The maximum Gasteiger partial charge on any atom is 0.355 e. The predicted molar refractivity (Wildman–Crippen MR) is 101 cm³/mol. The summed E-state index contributed by atoms with van der Waals surface area (Å²) in [5.41, 5.74) is 1.43. The highest BCUT2D eigenvalue weighted by Crippen LogP contribution is 2.25. The summed E-state index contributed by atoms with van der Waals surface area (Å²) in [6.07, 6.45) is 1.55. The fourth-order valence-corrected chi connectivity index (χ4v) is 2.74. The zero-order valence-electron chi connectivity index (χ0n) is 13.3. The van der Waals surface area contributed by atoms with E-state index < -0.39 is 11.9 Å². The number of amides is 1. The van der Waals surface area contributed by atoms with Crippen LogP contribution in [0.3, 0.4) is 0 Å². The van der Waals surface area contributed by atoms with Crippen LogP contribution in [-0.4, -0.2) is 21.6 Å². The molecule has 1 heterocycles. The van der Waals surface area contributed by atoms with Gasteiger partial charge in [-0.05, 0) is 42.5 Å². The molecule has 26 heavy (non-hydrogen) atoms. The van der Waals surface area contributed by atoms with Crippen LogP contribution in [0.15, 0.2) is 65.3 Å². The van der Waals surface area contributed by atoms with E-state index in [1.807, 2.05) is 0 Å². The Hall–Kier alpha value is -3.37. The van der Waals surface area contributed by atoms with Gasteiger partial charge in [0, 0.05) is 21.9 Å². The van der Waals surface area contributed by atoms with Crippen molar-refractivity contribution in [3.05, 3.63) is 87.9 Å². The van der Waals surface area contributed by atoms with Crippen molar-refractivity contribution in [2.45, 2.75) is 0 Å². The molecule has 0 aliphatic carbocycles. The number of hydrogen-bond donors (Lipinski definition) is 2. The van der Waals surface area contributed by atoms with Gasteiger partial charge >= 0.3 is 5.97 Å². The van der Waals surface area contributed by atoms with Gasteiger partial charge in [-0.2, -0.15) is 0 Å². The molecule has 7 heteroatoms. The fourth-order valence-electron chi connectivity index (χ4n) is 2.47. The third-order valence-corrected chi connectivity index (χ3v) is 4.21. The molecule has 0 saturated carbocycles. The molecule has 0 spiro atoms. The first kappa shape index (κ1) is 17.5. The minimum atomic E-state index is -1.19. The number of anilines is 1. The second kappa shape index (κ2) is 7.25. The molecule has 0 saturated heterocycles. The fraction of sp³-hybridized carbons (Fsp3) is 0. The average molecular weight is 410 g/mol.